The van der Waals surface area contributed by atoms with Crippen molar-refractivity contribution in [2.24, 2.45) is 5.41 Å². The molecule has 0 unspecified atom stereocenters. The Balaban J connectivity index is 1.66. The third-order valence-electron chi connectivity index (χ3n) is 5.17. The number of likely N-dealkylation sites (tertiary alicyclic amines) is 1. The molecule has 1 aromatic heterocycles. The van der Waals surface area contributed by atoms with Crippen molar-refractivity contribution in [2.45, 2.75) is 25.7 Å². The van der Waals surface area contributed by atoms with Crippen molar-refractivity contribution in [3.63, 3.8) is 0 Å². The number of carbonyl (C=O) groups excluding carboxylic acids is 1. The van der Waals surface area contributed by atoms with Crippen LogP contribution in [-0.2, 0) is 10.2 Å². The van der Waals surface area contributed by atoms with Crippen molar-refractivity contribution < 1.29 is 13.2 Å². The molecule has 24 heavy (non-hydrogen) atoms. The van der Waals surface area contributed by atoms with Gasteiger partial charge in [-0.25, -0.2) is 4.98 Å². The molecule has 0 aliphatic carbocycles. The standard InChI is InChI=1S/C15H24N4O3S2/c1-17(2)24(21,22)19-8-5-15(6-9-19)4-3-7-18(11-15)14(20)13-10-23-12-16-13/h10,12H,3-9,11H2,1-2H3. The maximum Gasteiger partial charge on any atom is 0.281 e. The molecule has 0 saturated carbocycles. The van der Waals surface area contributed by atoms with Crippen molar-refractivity contribution in [3.8, 4) is 0 Å². The maximum absolute atomic E-state index is 12.6. The number of nitrogens with zero attached hydrogens (tertiary/aromatic N) is 4. The molecule has 0 bridgehead atoms. The first-order valence-corrected chi connectivity index (χ1v) is 10.5. The van der Waals surface area contributed by atoms with Gasteiger partial charge in [-0.2, -0.15) is 17.0 Å². The lowest BCUT2D eigenvalue weighted by Crippen LogP contribution is -2.53. The second-order valence-electron chi connectivity index (χ2n) is 6.89. The zero-order valence-electron chi connectivity index (χ0n) is 14.1. The fraction of sp³-hybridized carbons (Fsp3) is 0.733. The number of aromatic nitrogens is 1. The summed E-state index contributed by atoms with van der Waals surface area (Å²) in [6.45, 7) is 2.52. The molecule has 0 N–H and O–H groups in total. The van der Waals surface area contributed by atoms with E-state index in [9.17, 15) is 13.2 Å². The predicted octanol–water partition coefficient (Wildman–Crippen LogP) is 1.27. The van der Waals surface area contributed by atoms with Crippen molar-refractivity contribution in [3.05, 3.63) is 16.6 Å². The van der Waals surface area contributed by atoms with Gasteiger partial charge < -0.3 is 4.90 Å². The van der Waals surface area contributed by atoms with Crippen LogP contribution in [0.5, 0.6) is 0 Å². The van der Waals surface area contributed by atoms with Crippen LogP contribution in [0.15, 0.2) is 10.9 Å². The Kier molecular flexibility index (Phi) is 4.96. The highest BCUT2D eigenvalue weighted by Gasteiger charge is 2.42. The van der Waals surface area contributed by atoms with E-state index in [-0.39, 0.29) is 11.3 Å². The quantitative estimate of drug-likeness (QED) is 0.801. The summed E-state index contributed by atoms with van der Waals surface area (Å²) >= 11 is 1.43. The predicted molar refractivity (Wildman–Crippen MR) is 93.1 cm³/mol. The van der Waals surface area contributed by atoms with Crippen LogP contribution in [0.25, 0.3) is 0 Å². The molecule has 0 atom stereocenters. The summed E-state index contributed by atoms with van der Waals surface area (Å²) in [4.78, 5) is 18.6. The zero-order valence-corrected chi connectivity index (χ0v) is 15.8. The molecule has 1 amide bonds. The molecule has 0 radical (unpaired) electrons. The van der Waals surface area contributed by atoms with Gasteiger partial charge in [-0.05, 0) is 31.1 Å². The SMILES string of the molecule is CN(C)S(=O)(=O)N1CCC2(CCCN(C(=O)c3cscn3)C2)CC1. The Morgan fingerprint density at radius 1 is 1.25 bits per heavy atom. The Morgan fingerprint density at radius 2 is 1.96 bits per heavy atom. The van der Waals surface area contributed by atoms with E-state index in [2.05, 4.69) is 4.98 Å². The topological polar surface area (TPSA) is 73.8 Å². The van der Waals surface area contributed by atoms with E-state index in [1.165, 1.54) is 15.6 Å². The van der Waals surface area contributed by atoms with Gasteiger partial charge in [0.2, 0.25) is 0 Å². The second kappa shape index (κ2) is 6.70. The lowest BCUT2D eigenvalue weighted by atomic mass is 9.73. The fourth-order valence-corrected chi connectivity index (χ4v) is 5.32. The fourth-order valence-electron chi connectivity index (χ4n) is 3.69. The molecule has 134 valence electrons. The van der Waals surface area contributed by atoms with Crippen LogP contribution in [-0.4, -0.2) is 73.1 Å². The van der Waals surface area contributed by atoms with Crippen LogP contribution in [0, 0.1) is 5.41 Å². The summed E-state index contributed by atoms with van der Waals surface area (Å²) < 4.78 is 27.4. The monoisotopic (exact) mass is 372 g/mol. The molecule has 2 fully saturated rings. The molecular weight excluding hydrogens is 348 g/mol. The van der Waals surface area contributed by atoms with Gasteiger partial charge in [-0.15, -0.1) is 11.3 Å². The van der Waals surface area contributed by atoms with E-state index in [4.69, 9.17) is 0 Å². The van der Waals surface area contributed by atoms with Gasteiger partial charge in [0, 0.05) is 45.7 Å². The van der Waals surface area contributed by atoms with E-state index < -0.39 is 10.2 Å². The molecule has 2 aliphatic rings. The smallest absolute Gasteiger partial charge is 0.281 e. The van der Waals surface area contributed by atoms with Crippen molar-refractivity contribution in [1.29, 1.82) is 0 Å². The number of thiazole rings is 1. The molecule has 7 nitrogen and oxygen atoms in total. The normalized spacial score (nSPS) is 22.2. The highest BCUT2D eigenvalue weighted by Crippen LogP contribution is 2.40. The van der Waals surface area contributed by atoms with Crippen LogP contribution in [0.4, 0.5) is 0 Å². The van der Waals surface area contributed by atoms with E-state index in [0.717, 1.165) is 32.2 Å². The van der Waals surface area contributed by atoms with Crippen molar-refractivity contribution >= 4 is 27.5 Å². The van der Waals surface area contributed by atoms with Gasteiger partial charge in [0.15, 0.2) is 0 Å². The number of hydrogen-bond acceptors (Lipinski definition) is 5. The largest absolute Gasteiger partial charge is 0.337 e. The van der Waals surface area contributed by atoms with Crippen LogP contribution in [0.2, 0.25) is 0 Å². The molecule has 9 heteroatoms. The molecule has 0 aromatic carbocycles. The molecule has 3 heterocycles. The van der Waals surface area contributed by atoms with Crippen LogP contribution < -0.4 is 0 Å². The van der Waals surface area contributed by atoms with Crippen LogP contribution in [0.1, 0.15) is 36.2 Å². The average molecular weight is 373 g/mol. The molecule has 1 aromatic rings. The second-order valence-corrected chi connectivity index (χ2v) is 9.75. The first-order chi connectivity index (χ1) is 11.3. The Hall–Kier alpha value is -1.03. The first kappa shape index (κ1) is 17.8. The number of piperidine rings is 2. The maximum atomic E-state index is 12.6. The van der Waals surface area contributed by atoms with E-state index in [1.54, 1.807) is 29.3 Å². The van der Waals surface area contributed by atoms with E-state index in [0.29, 0.717) is 25.3 Å². The zero-order chi connectivity index (χ0) is 17.4. The minimum atomic E-state index is -3.34. The van der Waals surface area contributed by atoms with Crippen LogP contribution in [0.3, 0.4) is 0 Å². The summed E-state index contributed by atoms with van der Waals surface area (Å²) in [5.74, 6) is -0.00123. The van der Waals surface area contributed by atoms with E-state index >= 15 is 0 Å². The number of amides is 1. The summed E-state index contributed by atoms with van der Waals surface area (Å²) in [6.07, 6.45) is 3.64. The van der Waals surface area contributed by atoms with Gasteiger partial charge in [-0.1, -0.05) is 0 Å². The molecule has 1 spiro atoms. The van der Waals surface area contributed by atoms with Gasteiger partial charge in [-0.3, -0.25) is 4.79 Å². The summed E-state index contributed by atoms with van der Waals surface area (Å²) in [7, 11) is -0.215. The summed E-state index contributed by atoms with van der Waals surface area (Å²) in [6, 6.07) is 0. The lowest BCUT2D eigenvalue weighted by Gasteiger charge is -2.47. The molecular formula is C15H24N4O3S2. The number of hydrogen-bond donors (Lipinski definition) is 0. The third-order valence-corrected chi connectivity index (χ3v) is 7.70. The Morgan fingerprint density at radius 3 is 2.54 bits per heavy atom. The highest BCUT2D eigenvalue weighted by atomic mass is 32.2. The van der Waals surface area contributed by atoms with Gasteiger partial charge in [0.1, 0.15) is 5.69 Å². The van der Waals surface area contributed by atoms with Crippen LogP contribution >= 0.6 is 11.3 Å². The minimum absolute atomic E-state index is 0.00123. The first-order valence-electron chi connectivity index (χ1n) is 8.19. The Bertz CT molecular complexity index is 680. The number of rotatable bonds is 3. The van der Waals surface area contributed by atoms with Gasteiger partial charge in [0.05, 0.1) is 5.51 Å². The number of carbonyl (C=O) groups is 1. The van der Waals surface area contributed by atoms with Gasteiger partial charge in [0.25, 0.3) is 16.1 Å². The van der Waals surface area contributed by atoms with Gasteiger partial charge >= 0.3 is 0 Å². The minimum Gasteiger partial charge on any atom is -0.337 e. The summed E-state index contributed by atoms with van der Waals surface area (Å²) in [5, 5.41) is 1.79. The van der Waals surface area contributed by atoms with Crippen molar-refractivity contribution in [1.82, 2.24) is 18.5 Å². The van der Waals surface area contributed by atoms with Crippen molar-refractivity contribution in [2.75, 3.05) is 40.3 Å². The lowest BCUT2D eigenvalue weighted by molar-refractivity contribution is 0.0323. The molecule has 2 saturated heterocycles. The molecule has 3 rings (SSSR count). The van der Waals surface area contributed by atoms with E-state index in [1.807, 2.05) is 4.90 Å². The highest BCUT2D eigenvalue weighted by molar-refractivity contribution is 7.86. The Labute approximate surface area is 147 Å². The molecule has 2 aliphatic heterocycles. The summed E-state index contributed by atoms with van der Waals surface area (Å²) in [5.41, 5.74) is 2.24. The average Bonchev–Trinajstić information content (AvgIpc) is 3.09. The third kappa shape index (κ3) is 3.35.